The fourth-order valence-corrected chi connectivity index (χ4v) is 0.905. The normalized spacial score (nSPS) is 9.27. The van der Waals surface area contributed by atoms with Crippen molar-refractivity contribution in [1.82, 2.24) is 0 Å². The maximum Gasteiger partial charge on any atom is 0.165 e. The molecule has 3 heteroatoms. The van der Waals surface area contributed by atoms with Crippen molar-refractivity contribution in [2.45, 2.75) is 0 Å². The zero-order valence-corrected chi connectivity index (χ0v) is 6.51. The highest BCUT2D eigenvalue weighted by Gasteiger charge is 1.98. The molecule has 1 rings (SSSR count). The summed E-state index contributed by atoms with van der Waals surface area (Å²) in [5, 5.41) is 8.82. The molecule has 0 saturated carbocycles. The Bertz CT molecular complexity index is 271. The highest BCUT2D eigenvalue weighted by molar-refractivity contribution is 6.30. The van der Waals surface area contributed by atoms with Crippen molar-refractivity contribution in [1.29, 1.82) is 0 Å². The van der Waals surface area contributed by atoms with Crippen molar-refractivity contribution in [3.8, 4) is 0 Å². The van der Waals surface area contributed by atoms with E-state index >= 15 is 0 Å². The largest absolute Gasteiger partial charge is 0.340 e. The zero-order chi connectivity index (χ0) is 8.27. The molecule has 0 aliphatic rings. The minimum atomic E-state index is 0.188. The van der Waals surface area contributed by atoms with Crippen LogP contribution in [-0.4, -0.2) is 5.26 Å². The second-order valence-corrected chi connectivity index (χ2v) is 2.46. The summed E-state index contributed by atoms with van der Waals surface area (Å²) < 4.78 is 0. The van der Waals surface area contributed by atoms with E-state index < -0.39 is 0 Å². The lowest BCUT2D eigenvalue weighted by atomic mass is 10.2. The predicted molar refractivity (Wildman–Crippen MR) is 44.2 cm³/mol. The lowest BCUT2D eigenvalue weighted by Gasteiger charge is -2.00. The summed E-state index contributed by atoms with van der Waals surface area (Å²) in [5.74, 6) is 0.188. The molecular weight excluding hydrogens is 164 g/mol. The molecule has 0 spiro atoms. The van der Waals surface area contributed by atoms with Gasteiger partial charge in [0, 0.05) is 10.6 Å². The third-order valence-corrected chi connectivity index (χ3v) is 1.49. The highest BCUT2D eigenvalue weighted by Crippen LogP contribution is 2.16. The molecule has 11 heavy (non-hydrogen) atoms. The van der Waals surface area contributed by atoms with Crippen molar-refractivity contribution >= 4 is 17.4 Å². The standard InChI is InChI=1S/C8H7ClO2/c1-6(11-10)7-3-2-4-8(9)5-7/h2-5,10H,1H2. The van der Waals surface area contributed by atoms with Gasteiger partial charge in [-0.1, -0.05) is 30.3 Å². The first-order valence-electron chi connectivity index (χ1n) is 3.00. The number of hydrogen-bond acceptors (Lipinski definition) is 2. The molecule has 0 saturated heterocycles. The third-order valence-electron chi connectivity index (χ3n) is 1.26. The number of halogens is 1. The van der Waals surface area contributed by atoms with Gasteiger partial charge in [-0.15, -0.1) is 0 Å². The molecule has 0 amide bonds. The Morgan fingerprint density at radius 3 is 2.82 bits per heavy atom. The van der Waals surface area contributed by atoms with Crippen molar-refractivity contribution < 1.29 is 10.1 Å². The molecule has 0 bridgehead atoms. The Kier molecular flexibility index (Phi) is 2.52. The fraction of sp³-hybridized carbons (Fsp3) is 0. The maximum atomic E-state index is 8.24. The van der Waals surface area contributed by atoms with E-state index in [1.807, 2.05) is 0 Å². The number of benzene rings is 1. The second kappa shape index (κ2) is 3.42. The van der Waals surface area contributed by atoms with Crippen LogP contribution >= 0.6 is 11.6 Å². The molecule has 0 fully saturated rings. The molecule has 2 nitrogen and oxygen atoms in total. The SMILES string of the molecule is C=C(OO)c1cccc(Cl)c1. The topological polar surface area (TPSA) is 29.5 Å². The first-order valence-corrected chi connectivity index (χ1v) is 3.38. The molecule has 1 N–H and O–H groups in total. The van der Waals surface area contributed by atoms with E-state index in [-0.39, 0.29) is 5.76 Å². The molecule has 0 aromatic heterocycles. The van der Waals surface area contributed by atoms with Crippen LogP contribution in [0.4, 0.5) is 0 Å². The van der Waals surface area contributed by atoms with Gasteiger partial charge >= 0.3 is 0 Å². The van der Waals surface area contributed by atoms with Gasteiger partial charge in [-0.05, 0) is 12.1 Å². The molecule has 0 atom stereocenters. The average Bonchev–Trinajstić information content (AvgIpc) is 2.03. The molecule has 0 radical (unpaired) electrons. The van der Waals surface area contributed by atoms with Crippen LogP contribution in [0.15, 0.2) is 30.8 Å². The van der Waals surface area contributed by atoms with Gasteiger partial charge in [0.25, 0.3) is 0 Å². The molecule has 0 heterocycles. The van der Waals surface area contributed by atoms with Crippen LogP contribution in [0.5, 0.6) is 0 Å². The Morgan fingerprint density at radius 2 is 2.27 bits per heavy atom. The average molecular weight is 171 g/mol. The number of rotatable bonds is 2. The van der Waals surface area contributed by atoms with Crippen molar-refractivity contribution in [3.63, 3.8) is 0 Å². The Hall–Kier alpha value is -0.990. The monoisotopic (exact) mass is 170 g/mol. The Labute approximate surface area is 69.6 Å². The van der Waals surface area contributed by atoms with Crippen LogP contribution in [-0.2, 0) is 4.89 Å². The van der Waals surface area contributed by atoms with E-state index in [9.17, 15) is 0 Å². The van der Waals surface area contributed by atoms with Gasteiger partial charge in [-0.2, -0.15) is 0 Å². The summed E-state index contributed by atoms with van der Waals surface area (Å²) in [6.07, 6.45) is 0. The van der Waals surface area contributed by atoms with Gasteiger partial charge in [0.1, 0.15) is 0 Å². The Morgan fingerprint density at radius 1 is 1.55 bits per heavy atom. The van der Waals surface area contributed by atoms with E-state index in [0.29, 0.717) is 10.6 Å². The third kappa shape index (κ3) is 1.97. The first kappa shape index (κ1) is 8.11. The van der Waals surface area contributed by atoms with E-state index in [1.165, 1.54) is 0 Å². The lowest BCUT2D eigenvalue weighted by molar-refractivity contribution is -0.169. The van der Waals surface area contributed by atoms with Crippen LogP contribution < -0.4 is 0 Å². The summed E-state index contributed by atoms with van der Waals surface area (Å²) in [6.45, 7) is 3.45. The van der Waals surface area contributed by atoms with E-state index in [1.54, 1.807) is 24.3 Å². The first-order chi connectivity index (χ1) is 5.24. The van der Waals surface area contributed by atoms with Crippen LogP contribution in [0, 0.1) is 0 Å². The van der Waals surface area contributed by atoms with Gasteiger partial charge in [0.2, 0.25) is 0 Å². The van der Waals surface area contributed by atoms with Gasteiger partial charge in [0.05, 0.1) is 0 Å². The fourth-order valence-electron chi connectivity index (χ4n) is 0.715. The van der Waals surface area contributed by atoms with E-state index in [4.69, 9.17) is 16.9 Å². The lowest BCUT2D eigenvalue weighted by Crippen LogP contribution is -1.84. The number of hydrogen-bond donors (Lipinski definition) is 1. The van der Waals surface area contributed by atoms with E-state index in [0.717, 1.165) is 0 Å². The van der Waals surface area contributed by atoms with Crippen molar-refractivity contribution in [2.24, 2.45) is 0 Å². The van der Waals surface area contributed by atoms with Crippen LogP contribution in [0.2, 0.25) is 5.02 Å². The summed E-state index contributed by atoms with van der Waals surface area (Å²) in [7, 11) is 0. The molecule has 1 aromatic rings. The predicted octanol–water partition coefficient (Wildman–Crippen LogP) is 2.80. The zero-order valence-electron chi connectivity index (χ0n) is 5.75. The minimum Gasteiger partial charge on any atom is -0.340 e. The van der Waals surface area contributed by atoms with Gasteiger partial charge in [0.15, 0.2) is 5.76 Å². The summed E-state index contributed by atoms with van der Waals surface area (Å²) >= 11 is 5.67. The Balaban J connectivity index is 2.96. The summed E-state index contributed by atoms with van der Waals surface area (Å²) in [4.78, 5) is 3.94. The van der Waals surface area contributed by atoms with Crippen molar-refractivity contribution in [3.05, 3.63) is 41.4 Å². The van der Waals surface area contributed by atoms with Gasteiger partial charge in [-0.25, -0.2) is 5.26 Å². The van der Waals surface area contributed by atoms with Crippen LogP contribution in [0.25, 0.3) is 5.76 Å². The van der Waals surface area contributed by atoms with E-state index in [2.05, 4.69) is 11.5 Å². The van der Waals surface area contributed by atoms with Crippen LogP contribution in [0.1, 0.15) is 5.56 Å². The molecule has 0 aliphatic carbocycles. The molecule has 58 valence electrons. The summed E-state index contributed by atoms with van der Waals surface area (Å²) in [5.41, 5.74) is 0.667. The maximum absolute atomic E-state index is 8.24. The molecule has 0 unspecified atom stereocenters. The van der Waals surface area contributed by atoms with Crippen molar-refractivity contribution in [2.75, 3.05) is 0 Å². The summed E-state index contributed by atoms with van der Waals surface area (Å²) in [6, 6.07) is 6.88. The quantitative estimate of drug-likeness (QED) is 0.420. The smallest absolute Gasteiger partial charge is 0.165 e. The molecular formula is C8H7ClO2. The highest BCUT2D eigenvalue weighted by atomic mass is 35.5. The molecule has 1 aromatic carbocycles. The van der Waals surface area contributed by atoms with Gasteiger partial charge < -0.3 is 4.89 Å². The second-order valence-electron chi connectivity index (χ2n) is 2.02. The van der Waals surface area contributed by atoms with Crippen LogP contribution in [0.3, 0.4) is 0 Å². The molecule has 0 aliphatic heterocycles. The minimum absolute atomic E-state index is 0.188. The van der Waals surface area contributed by atoms with Gasteiger partial charge in [-0.3, -0.25) is 0 Å².